The lowest BCUT2D eigenvalue weighted by molar-refractivity contribution is -0.0737. The van der Waals surface area contributed by atoms with Crippen molar-refractivity contribution < 1.29 is 8.78 Å². The normalized spacial score (nSPS) is 38.3. The van der Waals surface area contributed by atoms with Crippen LogP contribution >= 0.6 is 0 Å². The summed E-state index contributed by atoms with van der Waals surface area (Å²) in [6.45, 7) is 5.20. The molecule has 0 saturated heterocycles. The minimum absolute atomic E-state index is 0.0120. The molecule has 0 aromatic heterocycles. The highest BCUT2D eigenvalue weighted by Gasteiger charge is 2.56. The quantitative estimate of drug-likeness (QED) is 0.749. The van der Waals surface area contributed by atoms with Gasteiger partial charge >= 0.3 is 0 Å². The Morgan fingerprint density at radius 1 is 1.21 bits per heavy atom. The maximum Gasteiger partial charge on any atom is 0.248 e. The van der Waals surface area contributed by atoms with Crippen LogP contribution in [-0.4, -0.2) is 12.5 Å². The van der Waals surface area contributed by atoms with Gasteiger partial charge in [-0.05, 0) is 42.9 Å². The van der Waals surface area contributed by atoms with Crippen LogP contribution in [-0.2, 0) is 0 Å². The fourth-order valence-electron chi connectivity index (χ4n) is 4.65. The van der Waals surface area contributed by atoms with E-state index in [1.165, 1.54) is 12.0 Å². The second-order valence-corrected chi connectivity index (χ2v) is 7.54. The molecule has 4 aliphatic carbocycles. The second-order valence-electron chi connectivity index (χ2n) is 7.54. The molecule has 0 spiro atoms. The first-order valence-corrected chi connectivity index (χ1v) is 7.59. The first-order valence-electron chi connectivity index (χ1n) is 7.59. The van der Waals surface area contributed by atoms with E-state index in [0.717, 1.165) is 12.3 Å². The number of alkyl halides is 2. The number of rotatable bonds is 2. The van der Waals surface area contributed by atoms with Gasteiger partial charge in [0, 0.05) is 24.8 Å². The molecule has 4 rings (SSSR count). The summed E-state index contributed by atoms with van der Waals surface area (Å²) in [7, 11) is 0. The number of hydrogen-bond donors (Lipinski definition) is 1. The lowest BCUT2D eigenvalue weighted by Gasteiger charge is -2.60. The van der Waals surface area contributed by atoms with Crippen LogP contribution < -0.4 is 5.73 Å². The first kappa shape index (κ1) is 13.5. The van der Waals surface area contributed by atoms with Crippen molar-refractivity contribution in [3.8, 4) is 0 Å². The summed E-state index contributed by atoms with van der Waals surface area (Å²) >= 11 is 0. The van der Waals surface area contributed by atoms with Gasteiger partial charge in [-0.2, -0.15) is 0 Å². The molecule has 2 bridgehead atoms. The molecule has 2 atom stereocenters. The summed E-state index contributed by atoms with van der Waals surface area (Å²) in [4.78, 5) is 0. The highest BCUT2D eigenvalue weighted by atomic mass is 19.3. The minimum Gasteiger partial charge on any atom is -0.330 e. The van der Waals surface area contributed by atoms with Gasteiger partial charge in [0.2, 0.25) is 5.92 Å². The number of fused-ring (bicyclic) bond motifs is 1. The topological polar surface area (TPSA) is 26.0 Å². The molecule has 0 aromatic rings. The van der Waals surface area contributed by atoms with Crippen LogP contribution in [0.25, 0.3) is 0 Å². The Bertz CT molecular complexity index is 401. The van der Waals surface area contributed by atoms with Gasteiger partial charge in [-0.15, -0.1) is 0 Å². The van der Waals surface area contributed by atoms with Gasteiger partial charge < -0.3 is 5.73 Å². The van der Waals surface area contributed by atoms with E-state index in [9.17, 15) is 8.78 Å². The lowest BCUT2D eigenvalue weighted by atomic mass is 9.44. The van der Waals surface area contributed by atoms with Crippen molar-refractivity contribution in [2.75, 3.05) is 6.54 Å². The van der Waals surface area contributed by atoms with Crippen molar-refractivity contribution in [1.82, 2.24) is 0 Å². The van der Waals surface area contributed by atoms with E-state index in [2.05, 4.69) is 19.9 Å². The van der Waals surface area contributed by atoms with Crippen LogP contribution in [0.1, 0.15) is 52.4 Å². The van der Waals surface area contributed by atoms with Crippen LogP contribution in [0, 0.1) is 22.7 Å². The number of halogens is 2. The predicted molar refractivity (Wildman–Crippen MR) is 73.0 cm³/mol. The molecule has 0 amide bonds. The lowest BCUT2D eigenvalue weighted by Crippen LogP contribution is -2.53. The molecule has 0 heterocycles. The molecule has 2 fully saturated rings. The van der Waals surface area contributed by atoms with Gasteiger partial charge in [0.05, 0.1) is 0 Å². The summed E-state index contributed by atoms with van der Waals surface area (Å²) in [5, 5.41) is 0. The van der Waals surface area contributed by atoms with Gasteiger partial charge in [-0.1, -0.05) is 25.5 Å². The molecule has 2 saturated carbocycles. The zero-order valence-corrected chi connectivity index (χ0v) is 12.0. The Hall–Kier alpha value is -0.440. The molecule has 0 radical (unpaired) electrons. The maximum absolute atomic E-state index is 13.5. The predicted octanol–water partition coefficient (Wildman–Crippen LogP) is 4.13. The zero-order chi connectivity index (χ0) is 13.9. The molecule has 2 unspecified atom stereocenters. The SMILES string of the molecule is CC1(C)C2CC=C(C3(CN)CCC(F)(F)CC3)C1C2. The van der Waals surface area contributed by atoms with E-state index in [4.69, 9.17) is 5.73 Å². The van der Waals surface area contributed by atoms with Gasteiger partial charge in [-0.3, -0.25) is 0 Å². The smallest absolute Gasteiger partial charge is 0.248 e. The Morgan fingerprint density at radius 3 is 2.32 bits per heavy atom. The third-order valence-corrected chi connectivity index (χ3v) is 6.41. The van der Waals surface area contributed by atoms with Crippen molar-refractivity contribution in [3.05, 3.63) is 11.6 Å². The van der Waals surface area contributed by atoms with Crippen molar-refractivity contribution >= 4 is 0 Å². The van der Waals surface area contributed by atoms with Gasteiger partial charge in [0.15, 0.2) is 0 Å². The molecule has 4 aliphatic rings. The standard InChI is InChI=1S/C16H25F2N/c1-14(2)11-3-4-12(13(14)9-11)15(10-19)5-7-16(17,18)8-6-15/h4,11,13H,3,5-10,19H2,1-2H3. The summed E-state index contributed by atoms with van der Waals surface area (Å²) in [6, 6.07) is 0. The van der Waals surface area contributed by atoms with Gasteiger partial charge in [0.25, 0.3) is 0 Å². The third kappa shape index (κ3) is 1.88. The van der Waals surface area contributed by atoms with E-state index >= 15 is 0 Å². The summed E-state index contributed by atoms with van der Waals surface area (Å²) in [6.07, 6.45) is 5.88. The van der Waals surface area contributed by atoms with Gasteiger partial charge in [0.1, 0.15) is 0 Å². The van der Waals surface area contributed by atoms with Crippen LogP contribution in [0.3, 0.4) is 0 Å². The highest BCUT2D eigenvalue weighted by molar-refractivity contribution is 5.30. The molecule has 108 valence electrons. The first-order chi connectivity index (χ1) is 8.81. The zero-order valence-electron chi connectivity index (χ0n) is 12.0. The van der Waals surface area contributed by atoms with E-state index < -0.39 is 5.92 Å². The molecular weight excluding hydrogens is 244 g/mol. The van der Waals surface area contributed by atoms with Gasteiger partial charge in [-0.25, -0.2) is 8.78 Å². The average molecular weight is 269 g/mol. The van der Waals surface area contributed by atoms with Crippen molar-refractivity contribution in [2.45, 2.75) is 58.3 Å². The third-order valence-electron chi connectivity index (χ3n) is 6.41. The van der Waals surface area contributed by atoms with E-state index in [-0.39, 0.29) is 18.3 Å². The summed E-state index contributed by atoms with van der Waals surface area (Å²) < 4.78 is 26.9. The Balaban J connectivity index is 1.86. The average Bonchev–Trinajstić information content (AvgIpc) is 2.39. The van der Waals surface area contributed by atoms with Crippen molar-refractivity contribution in [1.29, 1.82) is 0 Å². The van der Waals surface area contributed by atoms with Crippen LogP contribution in [0.2, 0.25) is 0 Å². The van der Waals surface area contributed by atoms with Crippen LogP contribution in [0.15, 0.2) is 11.6 Å². The van der Waals surface area contributed by atoms with Crippen molar-refractivity contribution in [3.63, 3.8) is 0 Å². The largest absolute Gasteiger partial charge is 0.330 e. The van der Waals surface area contributed by atoms with E-state index in [1.54, 1.807) is 0 Å². The molecule has 0 aromatic carbocycles. The maximum atomic E-state index is 13.5. The second kappa shape index (κ2) is 4.03. The number of allylic oxidation sites excluding steroid dienone is 1. The van der Waals surface area contributed by atoms with Crippen LogP contribution in [0.5, 0.6) is 0 Å². The molecule has 1 nitrogen and oxygen atoms in total. The Kier molecular flexibility index (Phi) is 2.87. The monoisotopic (exact) mass is 269 g/mol. The fraction of sp³-hybridized carbons (Fsp3) is 0.875. The minimum atomic E-state index is -2.47. The molecular formula is C16H25F2N. The number of nitrogens with two attached hydrogens (primary N) is 1. The van der Waals surface area contributed by atoms with E-state index in [0.29, 0.717) is 30.7 Å². The molecule has 2 N–H and O–H groups in total. The van der Waals surface area contributed by atoms with Crippen LogP contribution in [0.4, 0.5) is 8.78 Å². The number of hydrogen-bond acceptors (Lipinski definition) is 1. The van der Waals surface area contributed by atoms with Crippen molar-refractivity contribution in [2.24, 2.45) is 28.4 Å². The molecule has 0 aliphatic heterocycles. The molecule has 19 heavy (non-hydrogen) atoms. The Labute approximate surface area is 114 Å². The highest BCUT2D eigenvalue weighted by Crippen LogP contribution is 2.64. The summed E-state index contributed by atoms with van der Waals surface area (Å²) in [5.41, 5.74) is 7.69. The fourth-order valence-corrected chi connectivity index (χ4v) is 4.65. The summed E-state index contributed by atoms with van der Waals surface area (Å²) in [5.74, 6) is -1.09. The Morgan fingerprint density at radius 2 is 1.84 bits per heavy atom. The molecule has 3 heteroatoms. The van der Waals surface area contributed by atoms with E-state index in [1.807, 2.05) is 0 Å².